The van der Waals surface area contributed by atoms with E-state index in [0.29, 0.717) is 12.5 Å². The van der Waals surface area contributed by atoms with Gasteiger partial charge in [-0.3, -0.25) is 0 Å². The van der Waals surface area contributed by atoms with Crippen LogP contribution in [0, 0.1) is 5.92 Å². The van der Waals surface area contributed by atoms with Crippen molar-refractivity contribution in [3.8, 4) is 0 Å². The van der Waals surface area contributed by atoms with Crippen LogP contribution in [0.4, 0.5) is 0 Å². The van der Waals surface area contributed by atoms with Crippen molar-refractivity contribution in [3.63, 3.8) is 0 Å². The number of halogens is 1. The Bertz CT molecular complexity index is 293. The third kappa shape index (κ3) is 4.57. The molecule has 0 saturated carbocycles. The fraction of sp³-hybridized carbons (Fsp3) is 1.00. The van der Waals surface area contributed by atoms with Crippen molar-refractivity contribution in [1.82, 2.24) is 9.62 Å². The summed E-state index contributed by atoms with van der Waals surface area (Å²) in [6.45, 7) is 8.21. The van der Waals surface area contributed by atoms with E-state index in [4.69, 9.17) is 0 Å². The van der Waals surface area contributed by atoms with Crippen LogP contribution in [0.2, 0.25) is 0 Å². The van der Waals surface area contributed by atoms with Gasteiger partial charge in [0.05, 0.1) is 5.75 Å². The van der Waals surface area contributed by atoms with Crippen LogP contribution in [0.1, 0.15) is 27.2 Å². The molecule has 1 heterocycles. The lowest BCUT2D eigenvalue weighted by Gasteiger charge is -2.33. The van der Waals surface area contributed by atoms with E-state index in [-0.39, 0.29) is 24.2 Å². The minimum atomic E-state index is -3.03. The summed E-state index contributed by atoms with van der Waals surface area (Å²) in [5.74, 6) is 0.729. The van der Waals surface area contributed by atoms with Crippen molar-refractivity contribution < 1.29 is 8.42 Å². The molecule has 1 aliphatic heterocycles. The molecule has 0 aliphatic carbocycles. The number of sulfonamides is 1. The number of nitrogens with zero attached hydrogens (tertiary/aromatic N) is 1. The van der Waals surface area contributed by atoms with Crippen molar-refractivity contribution in [2.24, 2.45) is 5.92 Å². The van der Waals surface area contributed by atoms with Crippen LogP contribution in [-0.4, -0.2) is 44.2 Å². The van der Waals surface area contributed by atoms with Crippen LogP contribution in [-0.2, 0) is 10.0 Å². The first-order chi connectivity index (χ1) is 6.93. The van der Waals surface area contributed by atoms with Crippen LogP contribution in [0.15, 0.2) is 0 Å². The quantitative estimate of drug-likeness (QED) is 0.832. The predicted molar refractivity (Wildman–Crippen MR) is 69.5 cm³/mol. The molecule has 0 amide bonds. The van der Waals surface area contributed by atoms with Crippen LogP contribution in [0.25, 0.3) is 0 Å². The molecule has 1 aliphatic rings. The topological polar surface area (TPSA) is 49.4 Å². The number of hydrogen-bond donors (Lipinski definition) is 1. The summed E-state index contributed by atoms with van der Waals surface area (Å²) in [6, 6.07) is 0.0934. The molecule has 0 spiro atoms. The molecule has 6 heteroatoms. The van der Waals surface area contributed by atoms with E-state index >= 15 is 0 Å². The lowest BCUT2D eigenvalue weighted by atomic mass is 10.2. The maximum absolute atomic E-state index is 12.0. The molecule has 0 bridgehead atoms. The highest BCUT2D eigenvalue weighted by Gasteiger charge is 2.28. The zero-order valence-corrected chi connectivity index (χ0v) is 11.9. The highest BCUT2D eigenvalue weighted by molar-refractivity contribution is 7.89. The van der Waals surface area contributed by atoms with Crippen molar-refractivity contribution in [2.45, 2.75) is 33.2 Å². The van der Waals surface area contributed by atoms with Crippen LogP contribution < -0.4 is 5.32 Å². The number of rotatable bonds is 4. The zero-order chi connectivity index (χ0) is 11.5. The van der Waals surface area contributed by atoms with Crippen molar-refractivity contribution in [3.05, 3.63) is 0 Å². The SMILES string of the molecule is CC(C)CCS(=O)(=O)N1CCNCC1C.Cl. The first-order valence-corrected chi connectivity index (χ1v) is 7.24. The summed E-state index contributed by atoms with van der Waals surface area (Å²) in [6.07, 6.45) is 0.749. The summed E-state index contributed by atoms with van der Waals surface area (Å²) in [5, 5.41) is 3.20. The first kappa shape index (κ1) is 16.2. The second-order valence-electron chi connectivity index (χ2n) is 4.66. The molecule has 1 fully saturated rings. The minimum absolute atomic E-state index is 0. The Labute approximate surface area is 105 Å². The van der Waals surface area contributed by atoms with Gasteiger partial charge in [0, 0.05) is 25.7 Å². The van der Waals surface area contributed by atoms with Gasteiger partial charge in [-0.05, 0) is 19.3 Å². The van der Waals surface area contributed by atoms with Gasteiger partial charge in [-0.2, -0.15) is 4.31 Å². The number of nitrogens with one attached hydrogen (secondary N) is 1. The first-order valence-electron chi connectivity index (χ1n) is 5.63. The van der Waals surface area contributed by atoms with Gasteiger partial charge in [-0.1, -0.05) is 13.8 Å². The van der Waals surface area contributed by atoms with E-state index in [1.165, 1.54) is 0 Å². The Morgan fingerprint density at radius 3 is 2.56 bits per heavy atom. The molecule has 1 unspecified atom stereocenters. The van der Waals surface area contributed by atoms with Gasteiger partial charge in [0.2, 0.25) is 10.0 Å². The molecule has 16 heavy (non-hydrogen) atoms. The summed E-state index contributed by atoms with van der Waals surface area (Å²) in [5.41, 5.74) is 0. The highest BCUT2D eigenvalue weighted by atomic mass is 35.5. The molecular weight excluding hydrogens is 248 g/mol. The maximum Gasteiger partial charge on any atom is 0.214 e. The van der Waals surface area contributed by atoms with Crippen molar-refractivity contribution in [1.29, 1.82) is 0 Å². The predicted octanol–water partition coefficient (Wildman–Crippen LogP) is 1.08. The second kappa shape index (κ2) is 6.79. The fourth-order valence-corrected chi connectivity index (χ4v) is 3.73. The Hall–Kier alpha value is 0.160. The monoisotopic (exact) mass is 270 g/mol. The van der Waals surface area contributed by atoms with E-state index in [0.717, 1.165) is 19.5 Å². The molecule has 1 atom stereocenters. The molecule has 0 aromatic carbocycles. The number of hydrogen-bond acceptors (Lipinski definition) is 3. The average molecular weight is 271 g/mol. The standard InChI is InChI=1S/C10H22N2O2S.ClH/c1-9(2)4-7-15(13,14)12-6-5-11-8-10(12)3;/h9-11H,4-8H2,1-3H3;1H. The molecular formula is C10H23ClN2O2S. The Morgan fingerprint density at radius 1 is 1.44 bits per heavy atom. The van der Waals surface area contributed by atoms with Crippen molar-refractivity contribution >= 4 is 22.4 Å². The van der Waals surface area contributed by atoms with Gasteiger partial charge >= 0.3 is 0 Å². The fourth-order valence-electron chi connectivity index (χ4n) is 1.74. The third-order valence-corrected chi connectivity index (χ3v) is 4.76. The van der Waals surface area contributed by atoms with E-state index < -0.39 is 10.0 Å². The molecule has 1 rings (SSSR count). The molecule has 1 saturated heterocycles. The van der Waals surface area contributed by atoms with Gasteiger partial charge in [-0.25, -0.2) is 8.42 Å². The Kier molecular flexibility index (Phi) is 6.86. The molecule has 0 aromatic heterocycles. The molecule has 0 aromatic rings. The van der Waals surface area contributed by atoms with Gasteiger partial charge in [0.25, 0.3) is 0 Å². The summed E-state index contributed by atoms with van der Waals surface area (Å²) in [7, 11) is -3.03. The normalized spacial score (nSPS) is 23.1. The van der Waals surface area contributed by atoms with E-state index in [1.54, 1.807) is 4.31 Å². The largest absolute Gasteiger partial charge is 0.314 e. The zero-order valence-electron chi connectivity index (χ0n) is 10.3. The van der Waals surface area contributed by atoms with E-state index in [1.807, 2.05) is 6.92 Å². The third-order valence-electron chi connectivity index (χ3n) is 2.75. The second-order valence-corrected chi connectivity index (χ2v) is 6.70. The molecule has 0 radical (unpaired) electrons. The van der Waals surface area contributed by atoms with Crippen LogP contribution >= 0.6 is 12.4 Å². The van der Waals surface area contributed by atoms with Crippen LogP contribution in [0.3, 0.4) is 0 Å². The molecule has 1 N–H and O–H groups in total. The lowest BCUT2D eigenvalue weighted by Crippen LogP contribution is -2.52. The van der Waals surface area contributed by atoms with Gasteiger partial charge < -0.3 is 5.32 Å². The summed E-state index contributed by atoms with van der Waals surface area (Å²) < 4.78 is 25.6. The Morgan fingerprint density at radius 2 is 2.06 bits per heavy atom. The minimum Gasteiger partial charge on any atom is -0.314 e. The van der Waals surface area contributed by atoms with Gasteiger partial charge in [-0.15, -0.1) is 12.4 Å². The average Bonchev–Trinajstić information content (AvgIpc) is 2.15. The van der Waals surface area contributed by atoms with Crippen LogP contribution in [0.5, 0.6) is 0 Å². The summed E-state index contributed by atoms with van der Waals surface area (Å²) in [4.78, 5) is 0. The van der Waals surface area contributed by atoms with Gasteiger partial charge in [0.1, 0.15) is 0 Å². The lowest BCUT2D eigenvalue weighted by molar-refractivity contribution is 0.283. The number of piperazine rings is 1. The van der Waals surface area contributed by atoms with E-state index in [2.05, 4.69) is 19.2 Å². The Balaban J connectivity index is 0.00000225. The molecule has 4 nitrogen and oxygen atoms in total. The van der Waals surface area contributed by atoms with E-state index in [9.17, 15) is 8.42 Å². The highest BCUT2D eigenvalue weighted by Crippen LogP contribution is 2.13. The summed E-state index contributed by atoms with van der Waals surface area (Å²) >= 11 is 0. The maximum atomic E-state index is 12.0. The molecule has 98 valence electrons. The van der Waals surface area contributed by atoms with Crippen molar-refractivity contribution in [2.75, 3.05) is 25.4 Å². The smallest absolute Gasteiger partial charge is 0.214 e. The van der Waals surface area contributed by atoms with Gasteiger partial charge in [0.15, 0.2) is 0 Å².